The van der Waals surface area contributed by atoms with E-state index in [-0.39, 0.29) is 17.1 Å². The molecule has 0 aliphatic carbocycles. The molecule has 186 valence electrons. The molecule has 9 heteroatoms. The largest absolute Gasteiger partial charge is 0.490 e. The van der Waals surface area contributed by atoms with Crippen LogP contribution >= 0.6 is 22.6 Å². The van der Waals surface area contributed by atoms with Crippen LogP contribution in [0.3, 0.4) is 0 Å². The number of hydrogen-bond acceptors (Lipinski definition) is 6. The number of rotatable bonds is 7. The molecule has 3 aromatic rings. The molecule has 0 saturated carbocycles. The lowest BCUT2D eigenvalue weighted by atomic mass is 10.1. The second-order valence-electron chi connectivity index (χ2n) is 7.74. The molecule has 0 bridgehead atoms. The molecular weight excluding hydrogens is 587 g/mol. The van der Waals surface area contributed by atoms with Gasteiger partial charge in [0.2, 0.25) is 0 Å². The number of halogens is 1. The van der Waals surface area contributed by atoms with E-state index in [1.807, 2.05) is 30.3 Å². The van der Waals surface area contributed by atoms with Crippen LogP contribution in [0.4, 0.5) is 10.5 Å². The maximum atomic E-state index is 13.1. The Hall–Kier alpha value is -4.25. The number of benzene rings is 3. The number of amides is 4. The average Bonchev–Trinajstić information content (AvgIpc) is 2.88. The maximum absolute atomic E-state index is 13.1. The summed E-state index contributed by atoms with van der Waals surface area (Å²) in [6.45, 7) is 2.06. The highest BCUT2D eigenvalue weighted by molar-refractivity contribution is 14.1. The number of ether oxygens (including phenoxy) is 2. The van der Waals surface area contributed by atoms with Crippen molar-refractivity contribution >= 4 is 64.2 Å². The fourth-order valence-electron chi connectivity index (χ4n) is 3.49. The highest BCUT2D eigenvalue weighted by atomic mass is 127. The van der Waals surface area contributed by atoms with Gasteiger partial charge in [-0.15, -0.1) is 0 Å². The Morgan fingerprint density at radius 3 is 2.38 bits per heavy atom. The molecule has 4 rings (SSSR count). The van der Waals surface area contributed by atoms with Gasteiger partial charge >= 0.3 is 12.0 Å². The maximum Gasteiger partial charge on any atom is 0.336 e. The smallest absolute Gasteiger partial charge is 0.336 e. The predicted molar refractivity (Wildman–Crippen MR) is 147 cm³/mol. The van der Waals surface area contributed by atoms with Gasteiger partial charge in [-0.25, -0.2) is 14.5 Å². The van der Waals surface area contributed by atoms with Gasteiger partial charge in [0, 0.05) is 9.65 Å². The topological polar surface area (TPSA) is 102 Å². The SMILES string of the molecule is CCOc1cc(/C=C2\C(=O)NC(=O)N(c3ccc(I)cc3)C2=O)ccc1OC(=O)/C=C/c1ccccc1. The molecule has 0 spiro atoms. The zero-order valence-electron chi connectivity index (χ0n) is 19.6. The lowest BCUT2D eigenvalue weighted by Crippen LogP contribution is -2.54. The summed E-state index contributed by atoms with van der Waals surface area (Å²) in [5, 5.41) is 2.20. The minimum atomic E-state index is -0.825. The van der Waals surface area contributed by atoms with E-state index in [0.717, 1.165) is 14.0 Å². The molecule has 1 aliphatic heterocycles. The molecule has 4 amide bonds. The minimum absolute atomic E-state index is 0.182. The van der Waals surface area contributed by atoms with Gasteiger partial charge in [0.1, 0.15) is 5.57 Å². The molecule has 1 N–H and O–H groups in total. The highest BCUT2D eigenvalue weighted by Crippen LogP contribution is 2.30. The van der Waals surface area contributed by atoms with Crippen molar-refractivity contribution in [2.24, 2.45) is 0 Å². The first-order chi connectivity index (χ1) is 17.9. The first-order valence-corrected chi connectivity index (χ1v) is 12.3. The Labute approximate surface area is 226 Å². The lowest BCUT2D eigenvalue weighted by Gasteiger charge is -2.26. The van der Waals surface area contributed by atoms with Gasteiger partial charge in [-0.2, -0.15) is 0 Å². The Bertz CT molecular complexity index is 1410. The van der Waals surface area contributed by atoms with E-state index in [4.69, 9.17) is 9.47 Å². The quantitative estimate of drug-likeness (QED) is 0.134. The van der Waals surface area contributed by atoms with E-state index in [9.17, 15) is 19.2 Å². The van der Waals surface area contributed by atoms with Crippen LogP contribution in [0.15, 0.2) is 84.4 Å². The molecule has 1 saturated heterocycles. The molecule has 0 atom stereocenters. The Kier molecular flexibility index (Phi) is 8.14. The molecule has 3 aromatic carbocycles. The zero-order chi connectivity index (χ0) is 26.4. The molecule has 8 nitrogen and oxygen atoms in total. The van der Waals surface area contributed by atoms with Crippen molar-refractivity contribution in [3.8, 4) is 11.5 Å². The third-order valence-corrected chi connectivity index (χ3v) is 5.91. The molecular formula is C28H21IN2O6. The van der Waals surface area contributed by atoms with Gasteiger partial charge in [-0.1, -0.05) is 36.4 Å². The number of carbonyl (C=O) groups excluding carboxylic acids is 4. The summed E-state index contributed by atoms with van der Waals surface area (Å²) in [4.78, 5) is 51.3. The summed E-state index contributed by atoms with van der Waals surface area (Å²) in [6.07, 6.45) is 4.30. The lowest BCUT2D eigenvalue weighted by molar-refractivity contribution is -0.129. The number of esters is 1. The summed E-state index contributed by atoms with van der Waals surface area (Å²) in [5.41, 5.74) is 1.40. The number of nitrogens with one attached hydrogen (secondary N) is 1. The van der Waals surface area contributed by atoms with Gasteiger partial charge in [0.05, 0.1) is 12.3 Å². The fraction of sp³-hybridized carbons (Fsp3) is 0.0714. The summed E-state index contributed by atoms with van der Waals surface area (Å²) in [7, 11) is 0. The molecule has 0 unspecified atom stereocenters. The Morgan fingerprint density at radius 1 is 0.946 bits per heavy atom. The number of barbiturate groups is 1. The van der Waals surface area contributed by atoms with Crippen LogP contribution in [0.25, 0.3) is 12.2 Å². The first kappa shape index (κ1) is 25.8. The van der Waals surface area contributed by atoms with E-state index in [0.29, 0.717) is 17.9 Å². The second-order valence-corrected chi connectivity index (χ2v) is 8.98. The van der Waals surface area contributed by atoms with Gasteiger partial charge in [0.15, 0.2) is 11.5 Å². The summed E-state index contributed by atoms with van der Waals surface area (Å²) in [5.74, 6) is -1.72. The molecule has 37 heavy (non-hydrogen) atoms. The normalized spacial score (nSPS) is 14.7. The van der Waals surface area contributed by atoms with Crippen LogP contribution in [0.5, 0.6) is 11.5 Å². The second kappa shape index (κ2) is 11.7. The fourth-order valence-corrected chi connectivity index (χ4v) is 3.85. The molecule has 1 aliphatic rings. The summed E-state index contributed by atoms with van der Waals surface area (Å²) < 4.78 is 12.0. The van der Waals surface area contributed by atoms with E-state index >= 15 is 0 Å². The zero-order valence-corrected chi connectivity index (χ0v) is 21.8. The summed E-state index contributed by atoms with van der Waals surface area (Å²) in [6, 6.07) is 19.9. The van der Waals surface area contributed by atoms with Crippen LogP contribution in [0.2, 0.25) is 0 Å². The number of anilines is 1. The minimum Gasteiger partial charge on any atom is -0.490 e. The van der Waals surface area contributed by atoms with Crippen LogP contribution < -0.4 is 19.7 Å². The van der Waals surface area contributed by atoms with E-state index in [1.165, 1.54) is 18.2 Å². The van der Waals surface area contributed by atoms with Crippen LogP contribution in [-0.4, -0.2) is 30.4 Å². The Morgan fingerprint density at radius 2 is 1.68 bits per heavy atom. The van der Waals surface area contributed by atoms with Crippen LogP contribution in [-0.2, 0) is 14.4 Å². The van der Waals surface area contributed by atoms with Crippen molar-refractivity contribution in [3.05, 3.63) is 99.1 Å². The third kappa shape index (κ3) is 6.31. The number of imide groups is 2. The number of urea groups is 1. The molecule has 0 aromatic heterocycles. The highest BCUT2D eigenvalue weighted by Gasteiger charge is 2.36. The standard InChI is InChI=1S/C28H21IN2O6/c1-2-36-24-17-19(8-14-23(24)37-25(32)15-9-18-6-4-3-5-7-18)16-22-26(33)30-28(35)31(27(22)34)21-12-10-20(29)11-13-21/h3-17H,2H2,1H3,(H,30,33,35)/b15-9+,22-16+. The van der Waals surface area contributed by atoms with Gasteiger partial charge in [0.25, 0.3) is 11.8 Å². The van der Waals surface area contributed by atoms with Gasteiger partial charge < -0.3 is 9.47 Å². The van der Waals surface area contributed by atoms with Crippen molar-refractivity contribution in [1.82, 2.24) is 5.32 Å². The Balaban J connectivity index is 1.58. The number of carbonyl (C=O) groups is 4. The van der Waals surface area contributed by atoms with Crippen LogP contribution in [0, 0.1) is 3.57 Å². The van der Waals surface area contributed by atoms with Crippen molar-refractivity contribution in [3.63, 3.8) is 0 Å². The van der Waals surface area contributed by atoms with Gasteiger partial charge in [-0.3, -0.25) is 14.9 Å². The molecule has 1 fully saturated rings. The van der Waals surface area contributed by atoms with E-state index < -0.39 is 23.8 Å². The van der Waals surface area contributed by atoms with Crippen LogP contribution in [0.1, 0.15) is 18.1 Å². The van der Waals surface area contributed by atoms with Crippen molar-refractivity contribution in [1.29, 1.82) is 0 Å². The van der Waals surface area contributed by atoms with E-state index in [1.54, 1.807) is 49.4 Å². The predicted octanol–water partition coefficient (Wildman–Crippen LogP) is 4.98. The van der Waals surface area contributed by atoms with Crippen molar-refractivity contribution in [2.45, 2.75) is 6.92 Å². The first-order valence-electron chi connectivity index (χ1n) is 11.2. The van der Waals surface area contributed by atoms with Crippen molar-refractivity contribution in [2.75, 3.05) is 11.5 Å². The van der Waals surface area contributed by atoms with Gasteiger partial charge in [-0.05, 0) is 89.2 Å². The average molecular weight is 608 g/mol. The number of hydrogen-bond donors (Lipinski definition) is 1. The monoisotopic (exact) mass is 608 g/mol. The van der Waals surface area contributed by atoms with E-state index in [2.05, 4.69) is 27.9 Å². The molecule has 1 heterocycles. The summed E-state index contributed by atoms with van der Waals surface area (Å²) >= 11 is 2.11. The van der Waals surface area contributed by atoms with Crippen molar-refractivity contribution < 1.29 is 28.7 Å². The molecule has 0 radical (unpaired) electrons. The number of nitrogens with zero attached hydrogens (tertiary/aromatic N) is 1. The third-order valence-electron chi connectivity index (χ3n) is 5.19.